The van der Waals surface area contributed by atoms with Crippen molar-refractivity contribution in [2.45, 2.75) is 64.6 Å². The highest BCUT2D eigenvalue weighted by molar-refractivity contribution is 7.99. The van der Waals surface area contributed by atoms with E-state index in [9.17, 15) is 5.11 Å². The Bertz CT molecular complexity index is 360. The SMILES string of the molecule is CCC(C)SCc1noc(CC(O)C(C)(C)C)n1. The maximum Gasteiger partial charge on any atom is 0.229 e. The molecule has 18 heavy (non-hydrogen) atoms. The summed E-state index contributed by atoms with van der Waals surface area (Å²) in [4.78, 5) is 4.31. The molecule has 0 aliphatic carbocycles. The second kappa shape index (κ2) is 6.57. The molecule has 2 atom stereocenters. The number of hydrogen-bond donors (Lipinski definition) is 1. The quantitative estimate of drug-likeness (QED) is 0.862. The van der Waals surface area contributed by atoms with Crippen LogP contribution in [0.25, 0.3) is 0 Å². The minimum absolute atomic E-state index is 0.167. The predicted octanol–water partition coefficient (Wildman–Crippen LogP) is 3.05. The Morgan fingerprint density at radius 2 is 2.06 bits per heavy atom. The molecule has 1 aromatic rings. The van der Waals surface area contributed by atoms with Gasteiger partial charge in [0.1, 0.15) is 0 Å². The van der Waals surface area contributed by atoms with Crippen LogP contribution in [-0.2, 0) is 12.2 Å². The standard InChI is InChI=1S/C13H24N2O2S/c1-6-9(2)18-8-11-14-12(17-15-11)7-10(16)13(3,4)5/h9-10,16H,6-8H2,1-5H3. The van der Waals surface area contributed by atoms with Crippen LogP contribution in [0.1, 0.15) is 52.8 Å². The lowest BCUT2D eigenvalue weighted by molar-refractivity contribution is 0.0565. The van der Waals surface area contributed by atoms with Crippen molar-refractivity contribution < 1.29 is 9.63 Å². The van der Waals surface area contributed by atoms with E-state index in [-0.39, 0.29) is 5.41 Å². The number of aliphatic hydroxyl groups excluding tert-OH is 1. The first-order valence-electron chi connectivity index (χ1n) is 6.44. The molecule has 0 amide bonds. The van der Waals surface area contributed by atoms with Gasteiger partial charge in [0.2, 0.25) is 5.89 Å². The lowest BCUT2D eigenvalue weighted by atomic mass is 9.87. The van der Waals surface area contributed by atoms with E-state index >= 15 is 0 Å². The van der Waals surface area contributed by atoms with Crippen molar-refractivity contribution >= 4 is 11.8 Å². The minimum Gasteiger partial charge on any atom is -0.392 e. The first-order valence-corrected chi connectivity index (χ1v) is 7.49. The molecule has 0 saturated heterocycles. The molecular formula is C13H24N2O2S. The van der Waals surface area contributed by atoms with Gasteiger partial charge in [-0.2, -0.15) is 16.7 Å². The van der Waals surface area contributed by atoms with Crippen molar-refractivity contribution in [3.63, 3.8) is 0 Å². The predicted molar refractivity (Wildman–Crippen MR) is 74.5 cm³/mol. The van der Waals surface area contributed by atoms with Gasteiger partial charge in [0, 0.05) is 5.25 Å². The molecule has 4 nitrogen and oxygen atoms in total. The van der Waals surface area contributed by atoms with Gasteiger partial charge in [-0.25, -0.2) is 0 Å². The second-order valence-corrected chi connectivity index (χ2v) is 7.15. The Balaban J connectivity index is 2.48. The van der Waals surface area contributed by atoms with E-state index in [0.717, 1.165) is 18.0 Å². The van der Waals surface area contributed by atoms with Gasteiger partial charge in [-0.15, -0.1) is 0 Å². The smallest absolute Gasteiger partial charge is 0.229 e. The monoisotopic (exact) mass is 272 g/mol. The zero-order valence-corrected chi connectivity index (χ0v) is 12.8. The first kappa shape index (κ1) is 15.5. The molecule has 0 aliphatic rings. The summed E-state index contributed by atoms with van der Waals surface area (Å²) >= 11 is 1.82. The van der Waals surface area contributed by atoms with Gasteiger partial charge in [0.15, 0.2) is 5.82 Å². The number of thioether (sulfide) groups is 1. The summed E-state index contributed by atoms with van der Waals surface area (Å²) in [5.41, 5.74) is -0.167. The van der Waals surface area contributed by atoms with Gasteiger partial charge < -0.3 is 9.63 Å². The third-order valence-corrected chi connectivity index (χ3v) is 4.28. The van der Waals surface area contributed by atoms with E-state index in [1.165, 1.54) is 0 Å². The molecule has 0 aromatic carbocycles. The van der Waals surface area contributed by atoms with E-state index in [2.05, 4.69) is 24.0 Å². The fraction of sp³-hybridized carbons (Fsp3) is 0.846. The van der Waals surface area contributed by atoms with Crippen molar-refractivity contribution in [1.82, 2.24) is 10.1 Å². The van der Waals surface area contributed by atoms with Crippen molar-refractivity contribution in [3.05, 3.63) is 11.7 Å². The van der Waals surface area contributed by atoms with Crippen molar-refractivity contribution in [3.8, 4) is 0 Å². The highest BCUT2D eigenvalue weighted by Gasteiger charge is 2.24. The Kier molecular flexibility index (Phi) is 5.66. The lowest BCUT2D eigenvalue weighted by Crippen LogP contribution is -2.28. The van der Waals surface area contributed by atoms with Crippen LogP contribution in [0.15, 0.2) is 4.52 Å². The third-order valence-electron chi connectivity index (χ3n) is 2.95. The number of rotatable bonds is 6. The third kappa shape index (κ3) is 4.98. The highest BCUT2D eigenvalue weighted by Crippen LogP contribution is 2.22. The number of hydrogen-bond acceptors (Lipinski definition) is 5. The molecule has 0 spiro atoms. The molecule has 1 rings (SSSR count). The topological polar surface area (TPSA) is 59.2 Å². The molecule has 0 radical (unpaired) electrons. The van der Waals surface area contributed by atoms with Crippen molar-refractivity contribution in [2.24, 2.45) is 5.41 Å². The average molecular weight is 272 g/mol. The summed E-state index contributed by atoms with van der Waals surface area (Å²) in [6, 6.07) is 0. The van der Waals surface area contributed by atoms with Crippen LogP contribution in [-0.4, -0.2) is 26.6 Å². The summed E-state index contributed by atoms with van der Waals surface area (Å²) in [6.45, 7) is 10.3. The molecular weight excluding hydrogens is 248 g/mol. The maximum absolute atomic E-state index is 9.97. The molecule has 2 unspecified atom stereocenters. The number of aromatic nitrogens is 2. The second-order valence-electron chi connectivity index (χ2n) is 5.72. The lowest BCUT2D eigenvalue weighted by Gasteiger charge is -2.24. The highest BCUT2D eigenvalue weighted by atomic mass is 32.2. The normalized spacial score (nSPS) is 15.7. The molecule has 0 fully saturated rings. The van der Waals surface area contributed by atoms with Crippen molar-refractivity contribution in [1.29, 1.82) is 0 Å². The molecule has 0 saturated carbocycles. The van der Waals surface area contributed by atoms with Crippen LogP contribution in [0.4, 0.5) is 0 Å². The van der Waals surface area contributed by atoms with Crippen LogP contribution in [0.2, 0.25) is 0 Å². The zero-order valence-electron chi connectivity index (χ0n) is 11.9. The molecule has 0 aliphatic heterocycles. The van der Waals surface area contributed by atoms with E-state index < -0.39 is 6.10 Å². The molecule has 1 heterocycles. The fourth-order valence-corrected chi connectivity index (χ4v) is 2.02. The van der Waals surface area contributed by atoms with Gasteiger partial charge in [0.05, 0.1) is 18.3 Å². The molecule has 5 heteroatoms. The largest absolute Gasteiger partial charge is 0.392 e. The Morgan fingerprint density at radius 3 is 2.61 bits per heavy atom. The summed E-state index contributed by atoms with van der Waals surface area (Å²) in [7, 11) is 0. The van der Waals surface area contributed by atoms with Gasteiger partial charge in [-0.05, 0) is 11.8 Å². The minimum atomic E-state index is -0.465. The van der Waals surface area contributed by atoms with Crippen LogP contribution in [0.5, 0.6) is 0 Å². The number of aliphatic hydroxyl groups is 1. The van der Waals surface area contributed by atoms with E-state index in [4.69, 9.17) is 4.52 Å². The summed E-state index contributed by atoms with van der Waals surface area (Å²) in [5.74, 6) is 2.01. The van der Waals surface area contributed by atoms with Gasteiger partial charge in [-0.1, -0.05) is 39.8 Å². The average Bonchev–Trinajstić information content (AvgIpc) is 2.72. The first-order chi connectivity index (χ1) is 8.32. The van der Waals surface area contributed by atoms with Crippen LogP contribution in [0, 0.1) is 5.41 Å². The Morgan fingerprint density at radius 1 is 1.39 bits per heavy atom. The van der Waals surface area contributed by atoms with E-state index in [1.807, 2.05) is 32.5 Å². The summed E-state index contributed by atoms with van der Waals surface area (Å²) < 4.78 is 5.16. The van der Waals surface area contributed by atoms with Crippen LogP contribution in [0.3, 0.4) is 0 Å². The zero-order chi connectivity index (χ0) is 13.8. The maximum atomic E-state index is 9.97. The number of nitrogens with zero attached hydrogens (tertiary/aromatic N) is 2. The van der Waals surface area contributed by atoms with Crippen molar-refractivity contribution in [2.75, 3.05) is 0 Å². The van der Waals surface area contributed by atoms with Gasteiger partial charge >= 0.3 is 0 Å². The van der Waals surface area contributed by atoms with Crippen LogP contribution < -0.4 is 0 Å². The van der Waals surface area contributed by atoms with Crippen LogP contribution >= 0.6 is 11.8 Å². The summed E-state index contributed by atoms with van der Waals surface area (Å²) in [5, 5.41) is 14.5. The Hall–Kier alpha value is -0.550. The molecule has 1 aromatic heterocycles. The molecule has 1 N–H and O–H groups in total. The Labute approximate surface area is 114 Å². The molecule has 104 valence electrons. The van der Waals surface area contributed by atoms with Gasteiger partial charge in [-0.3, -0.25) is 0 Å². The fourth-order valence-electron chi connectivity index (χ4n) is 1.24. The van der Waals surface area contributed by atoms with Gasteiger partial charge in [0.25, 0.3) is 0 Å². The molecule has 0 bridgehead atoms. The van der Waals surface area contributed by atoms with E-state index in [0.29, 0.717) is 17.6 Å². The summed E-state index contributed by atoms with van der Waals surface area (Å²) in [6.07, 6.45) is 1.09. The van der Waals surface area contributed by atoms with E-state index in [1.54, 1.807) is 0 Å².